The largest absolute Gasteiger partial charge is 0.396 e. The highest BCUT2D eigenvalue weighted by molar-refractivity contribution is 5.14. The third-order valence-corrected chi connectivity index (χ3v) is 7.31. The van der Waals surface area contributed by atoms with Crippen LogP contribution in [0.2, 0.25) is 0 Å². The Balaban J connectivity index is 1.48. The zero-order valence-corrected chi connectivity index (χ0v) is 15.9. The number of unbranched alkanes of at least 4 members (excludes halogenated alkanes) is 5. The molecule has 0 amide bonds. The molecule has 2 nitrogen and oxygen atoms in total. The van der Waals surface area contributed by atoms with Crippen molar-refractivity contribution < 1.29 is 5.11 Å². The van der Waals surface area contributed by atoms with Crippen LogP contribution in [0.1, 0.15) is 90.9 Å². The molecule has 1 N–H and O–H groups in total. The number of hydrogen-bond acceptors (Lipinski definition) is 2. The maximum Gasteiger partial charge on any atom is 0.0431 e. The van der Waals surface area contributed by atoms with E-state index in [1.54, 1.807) is 0 Å². The van der Waals surface area contributed by atoms with E-state index in [0.29, 0.717) is 23.0 Å². The molecule has 0 heterocycles. The summed E-state index contributed by atoms with van der Waals surface area (Å²) in [4.78, 5) is 2.78. The fraction of sp³-hybridized carbons (Fsp3) is 1.00. The Labute approximate surface area is 144 Å². The number of aliphatic hydroxyl groups is 1. The van der Waals surface area contributed by atoms with Crippen molar-refractivity contribution in [3.8, 4) is 0 Å². The number of rotatable bonds is 9. The minimum atomic E-state index is 0.365. The van der Waals surface area contributed by atoms with Crippen LogP contribution in [0.4, 0.5) is 0 Å². The summed E-state index contributed by atoms with van der Waals surface area (Å²) in [5.41, 5.74) is 1.79. The van der Waals surface area contributed by atoms with Crippen LogP contribution < -0.4 is 0 Å². The Morgan fingerprint density at radius 1 is 0.826 bits per heavy atom. The predicted molar refractivity (Wildman–Crippen MR) is 97.6 cm³/mol. The van der Waals surface area contributed by atoms with E-state index < -0.39 is 0 Å². The molecule has 0 radical (unpaired) electrons. The maximum atomic E-state index is 8.83. The molecule has 4 aliphatic carbocycles. The van der Waals surface area contributed by atoms with Gasteiger partial charge in [0.05, 0.1) is 0 Å². The van der Waals surface area contributed by atoms with Gasteiger partial charge in [0.2, 0.25) is 0 Å². The Morgan fingerprint density at radius 3 is 1.96 bits per heavy atom. The topological polar surface area (TPSA) is 23.5 Å². The first-order chi connectivity index (χ1) is 10.9. The lowest BCUT2D eigenvalue weighted by Crippen LogP contribution is -2.64. The second kappa shape index (κ2) is 6.67. The van der Waals surface area contributed by atoms with Crippen LogP contribution in [-0.4, -0.2) is 35.7 Å². The van der Waals surface area contributed by atoms with E-state index in [0.717, 1.165) is 12.3 Å². The van der Waals surface area contributed by atoms with E-state index in [1.165, 1.54) is 77.2 Å². The maximum absolute atomic E-state index is 8.83. The van der Waals surface area contributed by atoms with E-state index in [-0.39, 0.29) is 0 Å². The van der Waals surface area contributed by atoms with Crippen LogP contribution in [0, 0.1) is 16.7 Å². The van der Waals surface area contributed by atoms with Gasteiger partial charge in [-0.1, -0.05) is 39.5 Å². The van der Waals surface area contributed by atoms with Crippen LogP contribution in [0.5, 0.6) is 0 Å². The monoisotopic (exact) mass is 321 g/mol. The molecule has 0 saturated heterocycles. The van der Waals surface area contributed by atoms with Crippen molar-refractivity contribution >= 4 is 0 Å². The molecule has 4 fully saturated rings. The molecular weight excluding hydrogens is 282 g/mol. The molecule has 2 heteroatoms. The summed E-state index contributed by atoms with van der Waals surface area (Å²) >= 11 is 0. The second-order valence-electron chi connectivity index (χ2n) is 10.1. The van der Waals surface area contributed by atoms with Crippen molar-refractivity contribution in [2.45, 2.75) is 96.4 Å². The summed E-state index contributed by atoms with van der Waals surface area (Å²) in [5.74, 6) is 1.00. The van der Waals surface area contributed by atoms with Crippen molar-refractivity contribution in [2.24, 2.45) is 16.7 Å². The molecule has 4 rings (SSSR count). The van der Waals surface area contributed by atoms with Crippen molar-refractivity contribution in [1.29, 1.82) is 0 Å². The average molecular weight is 322 g/mol. The van der Waals surface area contributed by atoms with Gasteiger partial charge in [-0.25, -0.2) is 0 Å². The van der Waals surface area contributed by atoms with E-state index in [1.807, 2.05) is 0 Å². The molecule has 0 spiro atoms. The molecule has 4 atom stereocenters. The van der Waals surface area contributed by atoms with Gasteiger partial charge in [0, 0.05) is 12.1 Å². The van der Waals surface area contributed by atoms with Gasteiger partial charge < -0.3 is 10.0 Å². The van der Waals surface area contributed by atoms with Crippen LogP contribution in [0.15, 0.2) is 0 Å². The minimum absolute atomic E-state index is 0.365. The van der Waals surface area contributed by atoms with Gasteiger partial charge in [0.15, 0.2) is 0 Å². The average Bonchev–Trinajstić information content (AvgIpc) is 2.42. The Bertz CT molecular complexity index is 389. The summed E-state index contributed by atoms with van der Waals surface area (Å²) < 4.78 is 0. The van der Waals surface area contributed by atoms with Crippen LogP contribution in [0.3, 0.4) is 0 Å². The van der Waals surface area contributed by atoms with Gasteiger partial charge >= 0.3 is 0 Å². The Hall–Kier alpha value is -0.0800. The van der Waals surface area contributed by atoms with Gasteiger partial charge in [-0.3, -0.25) is 0 Å². The van der Waals surface area contributed by atoms with Crippen molar-refractivity contribution in [3.05, 3.63) is 0 Å². The third kappa shape index (κ3) is 3.79. The van der Waals surface area contributed by atoms with Crippen LogP contribution >= 0.6 is 0 Å². The normalized spacial score (nSPS) is 41.9. The van der Waals surface area contributed by atoms with Crippen molar-refractivity contribution in [2.75, 3.05) is 20.2 Å². The highest BCUT2D eigenvalue weighted by Gasteiger charge is 2.61. The first kappa shape index (κ1) is 17.7. The minimum Gasteiger partial charge on any atom is -0.396 e. The fourth-order valence-electron chi connectivity index (χ4n) is 7.22. The molecular formula is C21H39NO. The summed E-state index contributed by atoms with van der Waals surface area (Å²) in [5, 5.41) is 8.83. The number of aliphatic hydroxyl groups excluding tert-OH is 1. The molecule has 4 bridgehead atoms. The standard InChI is InChI=1S/C21H39NO/c1-19-12-18-13-20(2,15-19)17-21(14-18,16-19)22(3)10-8-6-4-5-7-9-11-23/h18,23H,4-17H2,1-3H3/t18?,19-,20+,21?. The van der Waals surface area contributed by atoms with E-state index >= 15 is 0 Å². The quantitative estimate of drug-likeness (QED) is 0.604. The molecule has 2 unspecified atom stereocenters. The van der Waals surface area contributed by atoms with Gasteiger partial charge in [0.25, 0.3) is 0 Å². The SMILES string of the molecule is CN(CCCCCCCCO)C12CC3C[C@@](C)(C1)C[C@](C)(C3)C2. The van der Waals surface area contributed by atoms with Crippen molar-refractivity contribution in [3.63, 3.8) is 0 Å². The molecule has 4 aliphatic rings. The smallest absolute Gasteiger partial charge is 0.0431 e. The number of hydrogen-bond donors (Lipinski definition) is 1. The third-order valence-electron chi connectivity index (χ3n) is 7.31. The summed E-state index contributed by atoms with van der Waals surface area (Å²) in [7, 11) is 2.42. The molecule has 0 aromatic rings. The lowest BCUT2D eigenvalue weighted by Gasteiger charge is -2.67. The molecule has 0 aromatic heterocycles. The molecule has 23 heavy (non-hydrogen) atoms. The summed E-state index contributed by atoms with van der Waals surface area (Å²) in [6, 6.07) is 0. The van der Waals surface area contributed by atoms with Gasteiger partial charge in [-0.15, -0.1) is 0 Å². The van der Waals surface area contributed by atoms with Gasteiger partial charge in [-0.2, -0.15) is 0 Å². The fourth-order valence-corrected chi connectivity index (χ4v) is 7.22. The Morgan fingerprint density at radius 2 is 1.39 bits per heavy atom. The molecule has 0 aromatic carbocycles. The van der Waals surface area contributed by atoms with Gasteiger partial charge in [-0.05, 0) is 81.7 Å². The van der Waals surface area contributed by atoms with E-state index in [2.05, 4.69) is 25.8 Å². The second-order valence-corrected chi connectivity index (χ2v) is 10.1. The first-order valence-corrected chi connectivity index (χ1v) is 10.2. The Kier molecular flexibility index (Phi) is 5.14. The van der Waals surface area contributed by atoms with Crippen LogP contribution in [0.25, 0.3) is 0 Å². The molecule has 134 valence electrons. The number of nitrogens with zero attached hydrogens (tertiary/aromatic N) is 1. The lowest BCUT2D eigenvalue weighted by molar-refractivity contribution is -0.156. The molecule has 4 saturated carbocycles. The van der Waals surface area contributed by atoms with Crippen LogP contribution in [-0.2, 0) is 0 Å². The highest BCUT2D eigenvalue weighted by Crippen LogP contribution is 2.67. The molecule has 0 aliphatic heterocycles. The zero-order valence-electron chi connectivity index (χ0n) is 15.9. The predicted octanol–water partition coefficient (Wildman–Crippen LogP) is 5.00. The highest BCUT2D eigenvalue weighted by atomic mass is 16.2. The summed E-state index contributed by atoms with van der Waals surface area (Å²) in [6.07, 6.45) is 16.4. The van der Waals surface area contributed by atoms with E-state index in [4.69, 9.17) is 5.11 Å². The van der Waals surface area contributed by atoms with Gasteiger partial charge in [0.1, 0.15) is 0 Å². The zero-order chi connectivity index (χ0) is 16.6. The summed E-state index contributed by atoms with van der Waals surface area (Å²) in [6.45, 7) is 6.82. The van der Waals surface area contributed by atoms with E-state index in [9.17, 15) is 0 Å². The first-order valence-electron chi connectivity index (χ1n) is 10.2. The van der Waals surface area contributed by atoms with Crippen molar-refractivity contribution in [1.82, 2.24) is 4.90 Å². The lowest BCUT2D eigenvalue weighted by atomic mass is 9.42.